The lowest BCUT2D eigenvalue weighted by molar-refractivity contribution is 0.207. The van der Waals surface area contributed by atoms with Crippen LogP contribution in [0.25, 0.3) is 0 Å². The van der Waals surface area contributed by atoms with E-state index < -0.39 is 0 Å². The molecule has 0 spiro atoms. The van der Waals surface area contributed by atoms with Crippen molar-refractivity contribution in [1.82, 2.24) is 15.1 Å². The molecule has 0 aromatic carbocycles. The summed E-state index contributed by atoms with van der Waals surface area (Å²) in [5, 5.41) is 7.89. The third-order valence-electron chi connectivity index (χ3n) is 4.26. The molecule has 96 valence electrons. The molecule has 0 amide bonds. The summed E-state index contributed by atoms with van der Waals surface area (Å²) in [5.74, 6) is 0. The third kappa shape index (κ3) is 3.09. The van der Waals surface area contributed by atoms with E-state index in [9.17, 15) is 0 Å². The van der Waals surface area contributed by atoms with E-state index in [2.05, 4.69) is 24.3 Å². The lowest BCUT2D eigenvalue weighted by atomic mass is 9.76. The Morgan fingerprint density at radius 1 is 1.35 bits per heavy atom. The van der Waals surface area contributed by atoms with Gasteiger partial charge in [-0.1, -0.05) is 26.2 Å². The summed E-state index contributed by atoms with van der Waals surface area (Å²) in [4.78, 5) is 0. The number of hydrogen-bond acceptors (Lipinski definition) is 2. The van der Waals surface area contributed by atoms with E-state index in [-0.39, 0.29) is 0 Å². The van der Waals surface area contributed by atoms with Crippen molar-refractivity contribution >= 4 is 0 Å². The van der Waals surface area contributed by atoms with Crippen LogP contribution in [0.5, 0.6) is 0 Å². The van der Waals surface area contributed by atoms with Gasteiger partial charge >= 0.3 is 0 Å². The summed E-state index contributed by atoms with van der Waals surface area (Å²) in [5.41, 5.74) is 3.12. The predicted molar refractivity (Wildman–Crippen MR) is 70.8 cm³/mol. The zero-order valence-electron chi connectivity index (χ0n) is 11.4. The highest BCUT2D eigenvalue weighted by Crippen LogP contribution is 2.34. The summed E-state index contributed by atoms with van der Waals surface area (Å²) in [6.45, 7) is 6.65. The van der Waals surface area contributed by atoms with Crippen molar-refractivity contribution < 1.29 is 0 Å². The number of nitrogens with zero attached hydrogens (tertiary/aromatic N) is 2. The smallest absolute Gasteiger partial charge is 0.0537 e. The molecular formula is C14H25N3. The molecule has 0 saturated heterocycles. The van der Waals surface area contributed by atoms with Crippen LogP contribution in [0, 0.1) is 12.3 Å². The van der Waals surface area contributed by atoms with Crippen molar-refractivity contribution in [2.75, 3.05) is 6.54 Å². The molecule has 17 heavy (non-hydrogen) atoms. The normalized spacial score (nSPS) is 19.5. The second-order valence-corrected chi connectivity index (χ2v) is 5.85. The van der Waals surface area contributed by atoms with Crippen LogP contribution in [-0.2, 0) is 13.6 Å². The van der Waals surface area contributed by atoms with Gasteiger partial charge in [0.25, 0.3) is 0 Å². The Bertz CT molecular complexity index is 362. The molecule has 1 N–H and O–H groups in total. The molecule has 1 aliphatic rings. The van der Waals surface area contributed by atoms with Gasteiger partial charge in [0.2, 0.25) is 0 Å². The molecule has 1 saturated carbocycles. The molecule has 0 radical (unpaired) electrons. The quantitative estimate of drug-likeness (QED) is 0.869. The first-order valence-electron chi connectivity index (χ1n) is 6.79. The van der Waals surface area contributed by atoms with Gasteiger partial charge in [-0.25, -0.2) is 0 Å². The van der Waals surface area contributed by atoms with Crippen LogP contribution in [0.15, 0.2) is 6.20 Å². The fourth-order valence-electron chi connectivity index (χ4n) is 2.80. The van der Waals surface area contributed by atoms with Crippen molar-refractivity contribution in [3.8, 4) is 0 Å². The van der Waals surface area contributed by atoms with Crippen LogP contribution in [0.2, 0.25) is 0 Å². The topological polar surface area (TPSA) is 29.9 Å². The molecule has 0 atom stereocenters. The van der Waals surface area contributed by atoms with Crippen LogP contribution < -0.4 is 5.32 Å². The summed E-state index contributed by atoms with van der Waals surface area (Å²) < 4.78 is 1.94. The van der Waals surface area contributed by atoms with Gasteiger partial charge in [-0.2, -0.15) is 5.10 Å². The van der Waals surface area contributed by atoms with Crippen LogP contribution in [0.4, 0.5) is 0 Å². The van der Waals surface area contributed by atoms with Crippen LogP contribution in [-0.4, -0.2) is 16.3 Å². The largest absolute Gasteiger partial charge is 0.312 e. The molecule has 1 aromatic rings. The van der Waals surface area contributed by atoms with E-state index in [1.807, 2.05) is 17.9 Å². The van der Waals surface area contributed by atoms with Crippen molar-refractivity contribution in [3.05, 3.63) is 17.5 Å². The Kier molecular flexibility index (Phi) is 3.87. The van der Waals surface area contributed by atoms with Gasteiger partial charge in [0.05, 0.1) is 6.20 Å². The Balaban J connectivity index is 1.81. The highest BCUT2D eigenvalue weighted by Gasteiger charge is 2.26. The van der Waals surface area contributed by atoms with E-state index in [0.717, 1.165) is 13.1 Å². The fourth-order valence-corrected chi connectivity index (χ4v) is 2.80. The average Bonchev–Trinajstić information content (AvgIpc) is 2.62. The van der Waals surface area contributed by atoms with Crippen molar-refractivity contribution in [2.45, 2.75) is 52.5 Å². The Hall–Kier alpha value is -0.830. The summed E-state index contributed by atoms with van der Waals surface area (Å²) in [6, 6.07) is 0. The summed E-state index contributed by atoms with van der Waals surface area (Å²) in [7, 11) is 2.00. The zero-order valence-corrected chi connectivity index (χ0v) is 11.4. The maximum Gasteiger partial charge on any atom is 0.0537 e. The van der Waals surface area contributed by atoms with Gasteiger partial charge in [-0.3, -0.25) is 4.68 Å². The third-order valence-corrected chi connectivity index (χ3v) is 4.26. The molecule has 1 aromatic heterocycles. The highest BCUT2D eigenvalue weighted by atomic mass is 15.3. The van der Waals surface area contributed by atoms with Crippen molar-refractivity contribution in [2.24, 2.45) is 12.5 Å². The Morgan fingerprint density at radius 3 is 2.65 bits per heavy atom. The maximum absolute atomic E-state index is 4.28. The van der Waals surface area contributed by atoms with E-state index in [4.69, 9.17) is 0 Å². The van der Waals surface area contributed by atoms with Gasteiger partial charge in [-0.05, 0) is 25.2 Å². The minimum absolute atomic E-state index is 0.522. The predicted octanol–water partition coefficient (Wildman–Crippen LogP) is 2.79. The zero-order chi connectivity index (χ0) is 12.3. The molecular weight excluding hydrogens is 210 g/mol. The number of hydrogen-bond donors (Lipinski definition) is 1. The molecule has 0 unspecified atom stereocenters. The number of rotatable bonds is 4. The molecule has 1 heterocycles. The van der Waals surface area contributed by atoms with Crippen molar-refractivity contribution in [3.63, 3.8) is 0 Å². The second kappa shape index (κ2) is 5.21. The molecule has 2 rings (SSSR count). The lowest BCUT2D eigenvalue weighted by Gasteiger charge is -2.33. The fraction of sp³-hybridized carbons (Fsp3) is 0.786. The minimum Gasteiger partial charge on any atom is -0.312 e. The maximum atomic E-state index is 4.28. The van der Waals surface area contributed by atoms with Gasteiger partial charge in [0.15, 0.2) is 0 Å². The molecule has 3 heteroatoms. The van der Waals surface area contributed by atoms with Gasteiger partial charge in [0.1, 0.15) is 0 Å². The van der Waals surface area contributed by atoms with Gasteiger partial charge in [-0.15, -0.1) is 0 Å². The number of aromatic nitrogens is 2. The average molecular weight is 235 g/mol. The Labute approximate surface area is 105 Å². The monoisotopic (exact) mass is 235 g/mol. The number of aryl methyl sites for hydroxylation is 1. The van der Waals surface area contributed by atoms with Gasteiger partial charge < -0.3 is 5.32 Å². The van der Waals surface area contributed by atoms with E-state index in [1.54, 1.807) is 0 Å². The first-order valence-corrected chi connectivity index (χ1v) is 6.79. The highest BCUT2D eigenvalue weighted by molar-refractivity contribution is 5.15. The summed E-state index contributed by atoms with van der Waals surface area (Å²) in [6.07, 6.45) is 8.98. The van der Waals surface area contributed by atoms with E-state index in [0.29, 0.717) is 5.41 Å². The first-order chi connectivity index (χ1) is 8.11. The molecule has 3 nitrogen and oxygen atoms in total. The Morgan fingerprint density at radius 2 is 2.06 bits per heavy atom. The van der Waals surface area contributed by atoms with Gasteiger partial charge in [0, 0.05) is 31.4 Å². The molecule has 0 aliphatic heterocycles. The molecule has 1 aliphatic carbocycles. The van der Waals surface area contributed by atoms with Crippen molar-refractivity contribution in [1.29, 1.82) is 0 Å². The summed E-state index contributed by atoms with van der Waals surface area (Å²) >= 11 is 0. The molecule has 0 bridgehead atoms. The first kappa shape index (κ1) is 12.6. The number of nitrogens with one attached hydrogen (secondary N) is 1. The minimum atomic E-state index is 0.522. The van der Waals surface area contributed by atoms with Crippen LogP contribution in [0.1, 0.15) is 50.3 Å². The standard InChI is InChI=1S/C14H25N3/c1-12-13(10-16-17(12)3)9-15-11-14(2)7-5-4-6-8-14/h10,15H,4-9,11H2,1-3H3. The SMILES string of the molecule is Cc1c(CNCC2(C)CCCCC2)cnn1C. The molecule has 1 fully saturated rings. The second-order valence-electron chi connectivity index (χ2n) is 5.85. The lowest BCUT2D eigenvalue weighted by Crippen LogP contribution is -2.33. The van der Waals surface area contributed by atoms with Crippen LogP contribution in [0.3, 0.4) is 0 Å². The van der Waals surface area contributed by atoms with E-state index >= 15 is 0 Å². The van der Waals surface area contributed by atoms with E-state index in [1.165, 1.54) is 43.4 Å². The van der Waals surface area contributed by atoms with Crippen LogP contribution >= 0.6 is 0 Å².